The van der Waals surface area contributed by atoms with Crippen LogP contribution in [0.4, 0.5) is 0 Å². The fourth-order valence-electron chi connectivity index (χ4n) is 6.43. The van der Waals surface area contributed by atoms with E-state index in [4.69, 9.17) is 14.2 Å². The smallest absolute Gasteiger partial charge is 0.306 e. The lowest BCUT2D eigenvalue weighted by Crippen LogP contribution is -2.30. The molecule has 0 aromatic rings. The average Bonchev–Trinajstić information content (AvgIpc) is 3.29. The quantitative estimate of drug-likeness (QED) is 0.0263. The molecule has 0 aliphatic carbocycles. The van der Waals surface area contributed by atoms with Crippen molar-refractivity contribution in [3.8, 4) is 0 Å². The third-order valence-corrected chi connectivity index (χ3v) is 10.2. The van der Waals surface area contributed by atoms with Crippen molar-refractivity contribution in [1.82, 2.24) is 0 Å². The monoisotopic (exact) mass is 883 g/mol. The minimum atomic E-state index is -0.812. The Kier molecular flexibility index (Phi) is 47.6. The van der Waals surface area contributed by atoms with Crippen LogP contribution >= 0.6 is 0 Å². The molecule has 0 saturated heterocycles. The van der Waals surface area contributed by atoms with E-state index in [-0.39, 0.29) is 37.5 Å². The van der Waals surface area contributed by atoms with Gasteiger partial charge < -0.3 is 14.2 Å². The lowest BCUT2D eigenvalue weighted by Gasteiger charge is -2.18. The maximum absolute atomic E-state index is 12.8. The van der Waals surface area contributed by atoms with Gasteiger partial charge in [0.1, 0.15) is 13.2 Å². The first-order valence-corrected chi connectivity index (χ1v) is 25.3. The summed E-state index contributed by atoms with van der Waals surface area (Å²) in [4.78, 5) is 38.0. The van der Waals surface area contributed by atoms with Crippen LogP contribution in [0.15, 0.2) is 134 Å². The summed E-state index contributed by atoms with van der Waals surface area (Å²) < 4.78 is 16.7. The van der Waals surface area contributed by atoms with Crippen molar-refractivity contribution in [1.29, 1.82) is 0 Å². The van der Waals surface area contributed by atoms with E-state index >= 15 is 0 Å². The Bertz CT molecular complexity index is 1430. The summed E-state index contributed by atoms with van der Waals surface area (Å²) in [5.41, 5.74) is 0. The number of carbonyl (C=O) groups excluding carboxylic acids is 3. The highest BCUT2D eigenvalue weighted by molar-refractivity contribution is 5.71. The molecule has 0 rings (SSSR count). The number of unbranched alkanes of at least 4 members (excludes halogenated alkanes) is 19. The zero-order chi connectivity index (χ0) is 46.5. The van der Waals surface area contributed by atoms with Crippen LogP contribution in [0.25, 0.3) is 0 Å². The predicted octanol–water partition coefficient (Wildman–Crippen LogP) is 16.7. The standard InChI is InChI=1S/C58H90O6/c1-4-7-10-13-16-19-22-25-27-28-29-30-32-33-36-39-42-45-48-51-57(60)63-54-55(53-62-56(59)50-47-44-41-38-35-24-21-18-15-12-9-6-3)64-58(61)52-49-46-43-40-37-34-31-26-23-20-17-14-11-8-5-2/h7-8,10-11,13-14,16-17,19-20,22-23,25-33,36,55H,4-6,9,12,15,18,21,24,34-35,37-54H2,1-3H3/b10-7-,11-8-,16-13-,17-14-,22-19-,23-20-,27-25-,29-28+,31-26-,32-30-,36-33-. The molecule has 1 unspecified atom stereocenters. The third-order valence-electron chi connectivity index (χ3n) is 10.2. The van der Waals surface area contributed by atoms with E-state index in [2.05, 4.69) is 57.2 Å². The summed E-state index contributed by atoms with van der Waals surface area (Å²) >= 11 is 0. The van der Waals surface area contributed by atoms with Gasteiger partial charge in [-0.25, -0.2) is 0 Å². The van der Waals surface area contributed by atoms with Crippen LogP contribution in [-0.2, 0) is 28.6 Å². The first-order chi connectivity index (χ1) is 31.5. The zero-order valence-electron chi connectivity index (χ0n) is 40.7. The molecular weight excluding hydrogens is 793 g/mol. The summed E-state index contributed by atoms with van der Waals surface area (Å²) in [5, 5.41) is 0. The molecule has 0 heterocycles. The lowest BCUT2D eigenvalue weighted by atomic mass is 10.0. The second kappa shape index (κ2) is 51.2. The minimum absolute atomic E-state index is 0.106. The van der Waals surface area contributed by atoms with Gasteiger partial charge in [0.15, 0.2) is 6.10 Å². The molecule has 6 heteroatoms. The number of hydrogen-bond acceptors (Lipinski definition) is 6. The van der Waals surface area contributed by atoms with Gasteiger partial charge in [0.2, 0.25) is 0 Å². The van der Waals surface area contributed by atoms with E-state index in [1.54, 1.807) is 0 Å². The highest BCUT2D eigenvalue weighted by atomic mass is 16.6. The minimum Gasteiger partial charge on any atom is -0.462 e. The summed E-state index contributed by atoms with van der Waals surface area (Å²) in [6.07, 6.45) is 71.4. The fourth-order valence-corrected chi connectivity index (χ4v) is 6.43. The van der Waals surface area contributed by atoms with Crippen molar-refractivity contribution in [2.24, 2.45) is 0 Å². The maximum atomic E-state index is 12.8. The summed E-state index contributed by atoms with van der Waals surface area (Å²) in [6.45, 7) is 6.27. The molecule has 0 saturated carbocycles. The number of carbonyl (C=O) groups is 3. The second-order valence-corrected chi connectivity index (χ2v) is 16.2. The molecule has 0 aromatic heterocycles. The normalized spacial score (nSPS) is 13.2. The predicted molar refractivity (Wildman–Crippen MR) is 274 cm³/mol. The number of ether oxygens (including phenoxy) is 3. The maximum Gasteiger partial charge on any atom is 0.306 e. The molecule has 0 aliphatic heterocycles. The topological polar surface area (TPSA) is 78.9 Å². The van der Waals surface area contributed by atoms with E-state index in [1.807, 2.05) is 97.2 Å². The van der Waals surface area contributed by atoms with Gasteiger partial charge in [0.25, 0.3) is 0 Å². The van der Waals surface area contributed by atoms with Crippen molar-refractivity contribution < 1.29 is 28.6 Å². The Balaban J connectivity index is 4.55. The molecule has 0 fully saturated rings. The SMILES string of the molecule is CC\C=C/C=C\C=C/C=C\C=C\C=C/C=C\CCCCCC(=O)OCC(COC(=O)CCCCCCCCCCCCCC)OC(=O)CCCCCCC\C=C/C=C\C=C/C=C\CC. The first-order valence-electron chi connectivity index (χ1n) is 25.3. The molecule has 1 atom stereocenters. The summed E-state index contributed by atoms with van der Waals surface area (Å²) in [5.74, 6) is -0.986. The first kappa shape index (κ1) is 59.5. The van der Waals surface area contributed by atoms with Gasteiger partial charge in [0.05, 0.1) is 0 Å². The van der Waals surface area contributed by atoms with Gasteiger partial charge in [-0.05, 0) is 57.8 Å². The summed E-state index contributed by atoms with van der Waals surface area (Å²) in [7, 11) is 0. The van der Waals surface area contributed by atoms with Gasteiger partial charge >= 0.3 is 17.9 Å². The van der Waals surface area contributed by atoms with Crippen molar-refractivity contribution in [3.63, 3.8) is 0 Å². The van der Waals surface area contributed by atoms with Crippen molar-refractivity contribution in [2.75, 3.05) is 13.2 Å². The molecule has 0 N–H and O–H groups in total. The highest BCUT2D eigenvalue weighted by Gasteiger charge is 2.19. The van der Waals surface area contributed by atoms with Crippen LogP contribution < -0.4 is 0 Å². The molecule has 0 aromatic carbocycles. The number of hydrogen-bond donors (Lipinski definition) is 0. The lowest BCUT2D eigenvalue weighted by molar-refractivity contribution is -0.167. The molecule has 0 spiro atoms. The van der Waals surface area contributed by atoms with Crippen molar-refractivity contribution in [3.05, 3.63) is 134 Å². The molecular formula is C58H90O6. The van der Waals surface area contributed by atoms with Crippen LogP contribution in [0.5, 0.6) is 0 Å². The number of allylic oxidation sites excluding steroid dienone is 22. The van der Waals surface area contributed by atoms with E-state index < -0.39 is 6.10 Å². The van der Waals surface area contributed by atoms with E-state index in [0.717, 1.165) is 96.3 Å². The molecule has 358 valence electrons. The largest absolute Gasteiger partial charge is 0.462 e. The van der Waals surface area contributed by atoms with Crippen LogP contribution in [0, 0.1) is 0 Å². The van der Waals surface area contributed by atoms with Gasteiger partial charge in [0, 0.05) is 19.3 Å². The third kappa shape index (κ3) is 48.6. The van der Waals surface area contributed by atoms with Gasteiger partial charge in [-0.3, -0.25) is 14.4 Å². The van der Waals surface area contributed by atoms with Gasteiger partial charge in [-0.1, -0.05) is 251 Å². The Hall–Kier alpha value is -4.45. The average molecular weight is 883 g/mol. The van der Waals surface area contributed by atoms with E-state index in [1.165, 1.54) is 57.8 Å². The van der Waals surface area contributed by atoms with Crippen LogP contribution in [0.1, 0.15) is 194 Å². The second-order valence-electron chi connectivity index (χ2n) is 16.2. The van der Waals surface area contributed by atoms with Crippen molar-refractivity contribution in [2.45, 2.75) is 200 Å². The molecule has 0 radical (unpaired) electrons. The van der Waals surface area contributed by atoms with Crippen molar-refractivity contribution >= 4 is 17.9 Å². The Labute approximate surface area is 392 Å². The summed E-state index contributed by atoms with van der Waals surface area (Å²) in [6, 6.07) is 0. The fraction of sp³-hybridized carbons (Fsp3) is 0.569. The number of esters is 3. The Morgan fingerprint density at radius 2 is 0.609 bits per heavy atom. The van der Waals surface area contributed by atoms with Crippen LogP contribution in [-0.4, -0.2) is 37.2 Å². The molecule has 6 nitrogen and oxygen atoms in total. The molecule has 0 amide bonds. The highest BCUT2D eigenvalue weighted by Crippen LogP contribution is 2.14. The number of rotatable bonds is 43. The molecule has 0 aliphatic rings. The van der Waals surface area contributed by atoms with E-state index in [0.29, 0.717) is 12.8 Å². The van der Waals surface area contributed by atoms with Gasteiger partial charge in [-0.15, -0.1) is 0 Å². The van der Waals surface area contributed by atoms with E-state index in [9.17, 15) is 14.4 Å². The van der Waals surface area contributed by atoms with Crippen LogP contribution in [0.3, 0.4) is 0 Å². The zero-order valence-corrected chi connectivity index (χ0v) is 40.7. The molecule has 64 heavy (non-hydrogen) atoms. The Morgan fingerprint density at radius 3 is 0.969 bits per heavy atom. The van der Waals surface area contributed by atoms with Crippen LogP contribution in [0.2, 0.25) is 0 Å². The Morgan fingerprint density at radius 1 is 0.328 bits per heavy atom. The van der Waals surface area contributed by atoms with Gasteiger partial charge in [-0.2, -0.15) is 0 Å². The molecule has 0 bridgehead atoms.